The molecule has 1 heterocycles. The molecule has 0 spiro atoms. The van der Waals surface area contributed by atoms with Gasteiger partial charge in [0.05, 0.1) is 5.57 Å². The minimum atomic E-state index is -0.274. The van der Waals surface area contributed by atoms with Gasteiger partial charge in [-0.3, -0.25) is 14.5 Å². The summed E-state index contributed by atoms with van der Waals surface area (Å²) < 4.78 is 0. The number of nitrogens with one attached hydrogen (secondary N) is 1. The molecule has 0 saturated heterocycles. The van der Waals surface area contributed by atoms with Crippen LogP contribution in [0.2, 0.25) is 0 Å². The molecule has 0 fully saturated rings. The molecule has 2 amide bonds. The van der Waals surface area contributed by atoms with E-state index in [1.165, 1.54) is 10.5 Å². The van der Waals surface area contributed by atoms with Gasteiger partial charge in [0.1, 0.15) is 5.70 Å². The number of likely N-dealkylation sites (N-methyl/N-ethyl adjacent to an activating group) is 1. The summed E-state index contributed by atoms with van der Waals surface area (Å²) in [4.78, 5) is 27.0. The Labute approximate surface area is 160 Å². The molecule has 3 rings (SSSR count). The van der Waals surface area contributed by atoms with Crippen molar-refractivity contribution in [2.24, 2.45) is 0 Å². The molecule has 1 aliphatic heterocycles. The fourth-order valence-electron chi connectivity index (χ4n) is 3.24. The molecule has 1 N–H and O–H groups in total. The number of hydrogen-bond acceptors (Lipinski definition) is 3. The Morgan fingerprint density at radius 3 is 2.15 bits per heavy atom. The van der Waals surface area contributed by atoms with Crippen molar-refractivity contribution < 1.29 is 9.59 Å². The van der Waals surface area contributed by atoms with Crippen molar-refractivity contribution >= 4 is 23.1 Å². The van der Waals surface area contributed by atoms with Crippen molar-refractivity contribution in [1.82, 2.24) is 4.90 Å². The summed E-state index contributed by atoms with van der Waals surface area (Å²) in [5.41, 5.74) is 5.84. The van der Waals surface area contributed by atoms with E-state index in [1.54, 1.807) is 0 Å². The van der Waals surface area contributed by atoms with Crippen LogP contribution in [0, 0.1) is 13.8 Å². The van der Waals surface area contributed by atoms with Gasteiger partial charge in [-0.15, -0.1) is 0 Å². The lowest BCUT2D eigenvalue weighted by Crippen LogP contribution is -2.32. The quantitative estimate of drug-likeness (QED) is 0.789. The number of imide groups is 1. The maximum Gasteiger partial charge on any atom is 0.278 e. The van der Waals surface area contributed by atoms with Crippen molar-refractivity contribution in [1.29, 1.82) is 0 Å². The Morgan fingerprint density at radius 2 is 1.59 bits per heavy atom. The van der Waals surface area contributed by atoms with Crippen LogP contribution in [0.3, 0.4) is 0 Å². The first kappa shape index (κ1) is 18.9. The van der Waals surface area contributed by atoms with Crippen LogP contribution >= 0.6 is 0 Å². The first-order valence-corrected chi connectivity index (χ1v) is 9.38. The van der Waals surface area contributed by atoms with Crippen LogP contribution in [-0.2, 0) is 9.59 Å². The first-order valence-electron chi connectivity index (χ1n) is 9.38. The van der Waals surface area contributed by atoms with E-state index >= 15 is 0 Å². The van der Waals surface area contributed by atoms with Gasteiger partial charge in [-0.1, -0.05) is 44.2 Å². The maximum absolute atomic E-state index is 12.9. The lowest BCUT2D eigenvalue weighted by atomic mass is 9.99. The Bertz CT molecular complexity index is 924. The smallest absolute Gasteiger partial charge is 0.278 e. The number of nitrogens with zero attached hydrogens (tertiary/aromatic N) is 1. The summed E-state index contributed by atoms with van der Waals surface area (Å²) >= 11 is 0. The molecule has 27 heavy (non-hydrogen) atoms. The van der Waals surface area contributed by atoms with Gasteiger partial charge in [-0.05, 0) is 61.1 Å². The second-order valence-electron chi connectivity index (χ2n) is 7.31. The third-order valence-electron chi connectivity index (χ3n) is 5.13. The van der Waals surface area contributed by atoms with Crippen LogP contribution in [0.25, 0.3) is 5.57 Å². The summed E-state index contributed by atoms with van der Waals surface area (Å²) in [7, 11) is 0. The van der Waals surface area contributed by atoms with Crippen molar-refractivity contribution in [3.05, 3.63) is 70.4 Å². The lowest BCUT2D eigenvalue weighted by molar-refractivity contribution is -0.136. The van der Waals surface area contributed by atoms with Gasteiger partial charge in [-0.2, -0.15) is 0 Å². The van der Waals surface area contributed by atoms with Crippen LogP contribution in [0.5, 0.6) is 0 Å². The molecule has 2 aromatic rings. The van der Waals surface area contributed by atoms with Gasteiger partial charge < -0.3 is 5.32 Å². The number of rotatable bonds is 5. The Kier molecular flexibility index (Phi) is 5.17. The molecule has 0 bridgehead atoms. The van der Waals surface area contributed by atoms with Crippen molar-refractivity contribution in [2.45, 2.75) is 40.5 Å². The fourth-order valence-corrected chi connectivity index (χ4v) is 3.24. The molecule has 140 valence electrons. The number of aryl methyl sites for hydroxylation is 2. The van der Waals surface area contributed by atoms with Gasteiger partial charge in [0, 0.05) is 12.2 Å². The van der Waals surface area contributed by atoms with Crippen molar-refractivity contribution in [3.8, 4) is 0 Å². The van der Waals surface area contributed by atoms with Gasteiger partial charge in [0.15, 0.2) is 0 Å². The number of benzene rings is 2. The van der Waals surface area contributed by atoms with E-state index in [4.69, 9.17) is 0 Å². The average molecular weight is 362 g/mol. The summed E-state index contributed by atoms with van der Waals surface area (Å²) in [5.74, 6) is -0.0784. The second kappa shape index (κ2) is 7.39. The predicted molar refractivity (Wildman–Crippen MR) is 109 cm³/mol. The zero-order chi connectivity index (χ0) is 19.7. The fraction of sp³-hybridized carbons (Fsp3) is 0.304. The molecule has 0 saturated carbocycles. The Balaban J connectivity index is 2.05. The predicted octanol–water partition coefficient (Wildman–Crippen LogP) is 4.64. The largest absolute Gasteiger partial charge is 0.350 e. The van der Waals surface area contributed by atoms with E-state index in [0.717, 1.165) is 22.4 Å². The van der Waals surface area contributed by atoms with Crippen molar-refractivity contribution in [2.75, 3.05) is 11.9 Å². The molecular weight excluding hydrogens is 336 g/mol. The molecule has 0 aromatic heterocycles. The van der Waals surface area contributed by atoms with Crippen LogP contribution in [0.1, 0.15) is 48.9 Å². The Hall–Kier alpha value is -2.88. The number of amides is 2. The highest BCUT2D eigenvalue weighted by molar-refractivity contribution is 6.36. The number of anilines is 1. The van der Waals surface area contributed by atoms with E-state index < -0.39 is 0 Å². The summed E-state index contributed by atoms with van der Waals surface area (Å²) in [6, 6.07) is 13.9. The van der Waals surface area contributed by atoms with Crippen LogP contribution in [0.4, 0.5) is 5.69 Å². The summed E-state index contributed by atoms with van der Waals surface area (Å²) in [6.45, 7) is 10.5. The molecule has 0 unspecified atom stereocenters. The zero-order valence-corrected chi connectivity index (χ0v) is 16.6. The van der Waals surface area contributed by atoms with Crippen LogP contribution in [0.15, 0.2) is 48.2 Å². The molecule has 4 nitrogen and oxygen atoms in total. The highest BCUT2D eigenvalue weighted by atomic mass is 16.2. The van der Waals surface area contributed by atoms with Gasteiger partial charge in [-0.25, -0.2) is 0 Å². The molecule has 4 heteroatoms. The normalized spacial score (nSPS) is 14.5. The number of hydrogen-bond donors (Lipinski definition) is 1. The molecule has 2 aromatic carbocycles. The van der Waals surface area contributed by atoms with E-state index in [9.17, 15) is 9.59 Å². The minimum Gasteiger partial charge on any atom is -0.350 e. The third kappa shape index (κ3) is 3.52. The lowest BCUT2D eigenvalue weighted by Gasteiger charge is -2.12. The second-order valence-corrected chi connectivity index (χ2v) is 7.31. The van der Waals surface area contributed by atoms with E-state index in [0.29, 0.717) is 23.7 Å². The highest BCUT2D eigenvalue weighted by Gasteiger charge is 2.38. The van der Waals surface area contributed by atoms with Crippen molar-refractivity contribution in [3.63, 3.8) is 0 Å². The van der Waals surface area contributed by atoms with E-state index in [1.807, 2.05) is 63.2 Å². The summed E-state index contributed by atoms with van der Waals surface area (Å²) in [5, 5.41) is 3.20. The van der Waals surface area contributed by atoms with Crippen LogP contribution in [-0.4, -0.2) is 23.3 Å². The first-order chi connectivity index (χ1) is 12.8. The molecule has 0 aliphatic carbocycles. The molecular formula is C23H26N2O2. The molecule has 0 radical (unpaired) electrons. The highest BCUT2D eigenvalue weighted by Crippen LogP contribution is 2.31. The maximum atomic E-state index is 12.9. The SMILES string of the molecule is CCN1C(=O)C(Nc2ccc(C(C)C)cc2)=C(c2ccc(C)c(C)c2)C1=O. The van der Waals surface area contributed by atoms with Crippen LogP contribution < -0.4 is 5.32 Å². The standard InChI is InChI=1S/C23H26N2O2/c1-6-25-22(26)20(18-8-7-15(4)16(5)13-18)21(23(25)27)24-19-11-9-17(10-12-19)14(2)3/h7-14,24H,6H2,1-5H3. The topological polar surface area (TPSA) is 49.4 Å². The number of carbonyl (C=O) groups is 2. The third-order valence-corrected chi connectivity index (χ3v) is 5.13. The van der Waals surface area contributed by atoms with E-state index in [-0.39, 0.29) is 11.8 Å². The van der Waals surface area contributed by atoms with Gasteiger partial charge in [0.25, 0.3) is 11.8 Å². The number of carbonyl (C=O) groups excluding carboxylic acids is 2. The Morgan fingerprint density at radius 1 is 0.926 bits per heavy atom. The summed E-state index contributed by atoms with van der Waals surface area (Å²) in [6.07, 6.45) is 0. The molecule has 1 aliphatic rings. The molecule has 0 atom stereocenters. The zero-order valence-electron chi connectivity index (χ0n) is 16.6. The minimum absolute atomic E-state index is 0.243. The monoisotopic (exact) mass is 362 g/mol. The van der Waals surface area contributed by atoms with Gasteiger partial charge in [0.2, 0.25) is 0 Å². The average Bonchev–Trinajstić information content (AvgIpc) is 2.87. The van der Waals surface area contributed by atoms with Gasteiger partial charge >= 0.3 is 0 Å². The van der Waals surface area contributed by atoms with E-state index in [2.05, 4.69) is 19.2 Å².